The Bertz CT molecular complexity index is 330. The highest BCUT2D eigenvalue weighted by atomic mass is 19.1. The molecule has 0 aromatic carbocycles. The van der Waals surface area contributed by atoms with E-state index >= 15 is 0 Å². The van der Waals surface area contributed by atoms with Gasteiger partial charge in [-0.15, -0.1) is 0 Å². The number of carbonyl (C=O) groups is 1. The van der Waals surface area contributed by atoms with E-state index in [1.807, 2.05) is 0 Å². The van der Waals surface area contributed by atoms with E-state index in [1.165, 1.54) is 12.3 Å². The highest BCUT2D eigenvalue weighted by molar-refractivity contribution is 5.68. The zero-order chi connectivity index (χ0) is 10.6. The smallest absolute Gasteiger partial charge is 0.304 e. The normalized spacial score (nSPS) is 12.4. The van der Waals surface area contributed by atoms with Gasteiger partial charge in [0.05, 0.1) is 6.42 Å². The summed E-state index contributed by atoms with van der Waals surface area (Å²) in [4.78, 5) is 13.9. The third-order valence-corrected chi connectivity index (χ3v) is 1.93. The summed E-state index contributed by atoms with van der Waals surface area (Å²) in [6.07, 6.45) is 1.13. The summed E-state index contributed by atoms with van der Waals surface area (Å²) in [5.74, 6) is -2.16. The second kappa shape index (κ2) is 4.66. The van der Waals surface area contributed by atoms with Crippen LogP contribution in [0.2, 0.25) is 0 Å². The van der Waals surface area contributed by atoms with Crippen LogP contribution in [-0.2, 0) is 4.79 Å². The number of pyridine rings is 1. The van der Waals surface area contributed by atoms with Crippen molar-refractivity contribution in [3.8, 4) is 0 Å². The van der Waals surface area contributed by atoms with Crippen LogP contribution >= 0.6 is 0 Å². The van der Waals surface area contributed by atoms with Gasteiger partial charge in [0.2, 0.25) is 5.95 Å². The first-order valence-electron chi connectivity index (χ1n) is 4.17. The zero-order valence-corrected chi connectivity index (χ0v) is 7.48. The minimum absolute atomic E-state index is 0.0922. The lowest BCUT2D eigenvalue weighted by Crippen LogP contribution is -2.17. The predicted octanol–water partition coefficient (Wildman–Crippen LogP) is 0.738. The van der Waals surface area contributed by atoms with Crippen LogP contribution in [0.4, 0.5) is 4.39 Å². The summed E-state index contributed by atoms with van der Waals surface area (Å²) in [6, 6.07) is 3.06. The Labute approximate surface area is 80.6 Å². The molecular weight excluding hydrogens is 187 g/mol. The van der Waals surface area contributed by atoms with E-state index in [9.17, 15) is 9.18 Å². The Hall–Kier alpha value is -1.49. The van der Waals surface area contributed by atoms with E-state index in [0.29, 0.717) is 0 Å². The Morgan fingerprint density at radius 3 is 2.93 bits per heavy atom. The minimum atomic E-state index is -0.997. The van der Waals surface area contributed by atoms with Gasteiger partial charge in [-0.1, -0.05) is 6.07 Å². The van der Waals surface area contributed by atoms with Gasteiger partial charge in [-0.2, -0.15) is 4.39 Å². The maximum atomic E-state index is 13.1. The molecule has 4 nitrogen and oxygen atoms in total. The molecule has 0 bridgehead atoms. The van der Waals surface area contributed by atoms with Crippen molar-refractivity contribution in [3.63, 3.8) is 0 Å². The number of aromatic nitrogens is 1. The fourth-order valence-corrected chi connectivity index (χ4v) is 1.23. The first-order valence-corrected chi connectivity index (χ1v) is 4.17. The standard InChI is InChI=1S/C9H11FN2O2/c10-9-7(2-1-3-12-9)6(5-11)4-8(13)14/h1-3,6H,4-5,11H2,(H,13,14). The van der Waals surface area contributed by atoms with Crippen molar-refractivity contribution in [1.82, 2.24) is 4.98 Å². The first kappa shape index (κ1) is 10.6. The molecule has 1 atom stereocenters. The minimum Gasteiger partial charge on any atom is -0.481 e. The molecule has 0 aliphatic carbocycles. The van der Waals surface area contributed by atoms with Crippen molar-refractivity contribution < 1.29 is 14.3 Å². The van der Waals surface area contributed by atoms with Gasteiger partial charge in [-0.3, -0.25) is 4.79 Å². The number of rotatable bonds is 4. The van der Waals surface area contributed by atoms with Crippen LogP contribution in [0.1, 0.15) is 17.9 Å². The molecule has 1 heterocycles. The molecule has 1 unspecified atom stereocenters. The van der Waals surface area contributed by atoms with E-state index in [2.05, 4.69) is 4.98 Å². The van der Waals surface area contributed by atoms with Gasteiger partial charge in [-0.05, 0) is 12.6 Å². The number of carboxylic acid groups (broad SMARTS) is 1. The van der Waals surface area contributed by atoms with Crippen molar-refractivity contribution in [2.24, 2.45) is 5.73 Å². The lowest BCUT2D eigenvalue weighted by atomic mass is 9.97. The molecule has 0 aliphatic rings. The number of halogens is 1. The number of carboxylic acids is 1. The van der Waals surface area contributed by atoms with Crippen molar-refractivity contribution >= 4 is 5.97 Å². The molecule has 0 aliphatic heterocycles. The molecule has 1 aromatic rings. The molecule has 1 aromatic heterocycles. The van der Waals surface area contributed by atoms with Crippen LogP contribution in [0.3, 0.4) is 0 Å². The van der Waals surface area contributed by atoms with E-state index in [4.69, 9.17) is 10.8 Å². The molecule has 3 N–H and O–H groups in total. The van der Waals surface area contributed by atoms with Gasteiger partial charge in [0.15, 0.2) is 0 Å². The number of nitrogens with two attached hydrogens (primary N) is 1. The van der Waals surface area contributed by atoms with E-state index in [0.717, 1.165) is 0 Å². The van der Waals surface area contributed by atoms with Gasteiger partial charge in [-0.25, -0.2) is 4.98 Å². The third-order valence-electron chi connectivity index (χ3n) is 1.93. The van der Waals surface area contributed by atoms with Crippen LogP contribution in [0.15, 0.2) is 18.3 Å². The fraction of sp³-hybridized carbons (Fsp3) is 0.333. The highest BCUT2D eigenvalue weighted by Gasteiger charge is 2.17. The number of hydrogen-bond acceptors (Lipinski definition) is 3. The van der Waals surface area contributed by atoms with Gasteiger partial charge in [0, 0.05) is 17.7 Å². The maximum Gasteiger partial charge on any atom is 0.304 e. The highest BCUT2D eigenvalue weighted by Crippen LogP contribution is 2.19. The van der Waals surface area contributed by atoms with E-state index < -0.39 is 17.8 Å². The largest absolute Gasteiger partial charge is 0.481 e. The Balaban J connectivity index is 2.89. The average molecular weight is 198 g/mol. The van der Waals surface area contributed by atoms with E-state index in [-0.39, 0.29) is 18.5 Å². The Morgan fingerprint density at radius 2 is 2.43 bits per heavy atom. The maximum absolute atomic E-state index is 13.1. The van der Waals surface area contributed by atoms with Gasteiger partial charge >= 0.3 is 5.97 Å². The average Bonchev–Trinajstić information content (AvgIpc) is 2.15. The van der Waals surface area contributed by atoms with Crippen LogP contribution < -0.4 is 5.73 Å². The van der Waals surface area contributed by atoms with Gasteiger partial charge in [0.1, 0.15) is 0 Å². The molecule has 0 radical (unpaired) electrons. The van der Waals surface area contributed by atoms with Crippen LogP contribution in [-0.4, -0.2) is 22.6 Å². The monoisotopic (exact) mass is 198 g/mol. The van der Waals surface area contributed by atoms with Crippen LogP contribution in [0.5, 0.6) is 0 Å². The molecule has 0 saturated heterocycles. The molecule has 0 fully saturated rings. The molecule has 0 amide bonds. The number of nitrogens with zero attached hydrogens (tertiary/aromatic N) is 1. The summed E-state index contributed by atoms with van der Waals surface area (Å²) >= 11 is 0. The first-order chi connectivity index (χ1) is 6.65. The van der Waals surface area contributed by atoms with Crippen molar-refractivity contribution in [2.45, 2.75) is 12.3 Å². The van der Waals surface area contributed by atoms with Crippen LogP contribution in [0, 0.1) is 5.95 Å². The number of hydrogen-bond donors (Lipinski definition) is 2. The number of aliphatic carboxylic acids is 1. The second-order valence-corrected chi connectivity index (χ2v) is 2.91. The molecule has 0 saturated carbocycles. The summed E-state index contributed by atoms with van der Waals surface area (Å²) in [6.45, 7) is 0.0922. The molecule has 5 heteroatoms. The molecule has 1 rings (SSSR count). The topological polar surface area (TPSA) is 76.2 Å². The quantitative estimate of drug-likeness (QED) is 0.699. The van der Waals surface area contributed by atoms with E-state index in [1.54, 1.807) is 6.07 Å². The summed E-state index contributed by atoms with van der Waals surface area (Å²) < 4.78 is 13.1. The zero-order valence-electron chi connectivity index (χ0n) is 7.48. The predicted molar refractivity (Wildman–Crippen MR) is 48.2 cm³/mol. The third kappa shape index (κ3) is 2.50. The molecular formula is C9H11FN2O2. The lowest BCUT2D eigenvalue weighted by Gasteiger charge is -2.12. The van der Waals surface area contributed by atoms with Gasteiger partial charge < -0.3 is 10.8 Å². The molecule has 0 spiro atoms. The summed E-state index contributed by atoms with van der Waals surface area (Å²) in [7, 11) is 0. The van der Waals surface area contributed by atoms with Crippen molar-refractivity contribution in [3.05, 3.63) is 29.8 Å². The SMILES string of the molecule is NCC(CC(=O)O)c1cccnc1F. The lowest BCUT2D eigenvalue weighted by molar-refractivity contribution is -0.137. The summed E-state index contributed by atoms with van der Waals surface area (Å²) in [5.41, 5.74) is 5.63. The molecule has 76 valence electrons. The van der Waals surface area contributed by atoms with Crippen LogP contribution in [0.25, 0.3) is 0 Å². The Kier molecular flexibility index (Phi) is 3.53. The van der Waals surface area contributed by atoms with Crippen molar-refractivity contribution in [1.29, 1.82) is 0 Å². The fourth-order valence-electron chi connectivity index (χ4n) is 1.23. The summed E-state index contributed by atoms with van der Waals surface area (Å²) in [5, 5.41) is 8.57. The second-order valence-electron chi connectivity index (χ2n) is 2.91. The van der Waals surface area contributed by atoms with Gasteiger partial charge in [0.25, 0.3) is 0 Å². The Morgan fingerprint density at radius 1 is 1.71 bits per heavy atom. The van der Waals surface area contributed by atoms with Crippen molar-refractivity contribution in [2.75, 3.05) is 6.54 Å². The molecule has 14 heavy (non-hydrogen) atoms.